The number of aromatic carboxylic acids is 1. The number of rotatable bonds is 5. The molecule has 1 N–H and O–H groups in total. The summed E-state index contributed by atoms with van der Waals surface area (Å²) in [4.78, 5) is 24.8. The number of hydrogen-bond acceptors (Lipinski definition) is 3. The zero-order valence-electron chi connectivity index (χ0n) is 12.2. The van der Waals surface area contributed by atoms with E-state index in [9.17, 15) is 9.59 Å². The number of ether oxygens (including phenoxy) is 1. The molecule has 114 valence electrons. The molecule has 1 heterocycles. The van der Waals surface area contributed by atoms with Crippen LogP contribution in [0.25, 0.3) is 0 Å². The first-order valence-electron chi connectivity index (χ1n) is 7.23. The summed E-state index contributed by atoms with van der Waals surface area (Å²) in [7, 11) is 1.68. The molecule has 1 aliphatic rings. The van der Waals surface area contributed by atoms with Gasteiger partial charge in [0.05, 0.1) is 11.7 Å². The Hall–Kier alpha value is -1.88. The number of carboxylic acids is 1. The SMILES string of the molecule is COC1CCCN(C(=O)CCc2ccc(C(=O)O)cc2)C1. The van der Waals surface area contributed by atoms with Crippen molar-refractivity contribution in [2.75, 3.05) is 20.2 Å². The average molecular weight is 291 g/mol. The predicted octanol–water partition coefficient (Wildman–Crippen LogP) is 1.95. The van der Waals surface area contributed by atoms with Gasteiger partial charge in [0.1, 0.15) is 0 Å². The number of carbonyl (C=O) groups excluding carboxylic acids is 1. The van der Waals surface area contributed by atoms with Gasteiger partial charge in [0.25, 0.3) is 0 Å². The average Bonchev–Trinajstić information content (AvgIpc) is 2.53. The third-order valence-electron chi connectivity index (χ3n) is 3.89. The lowest BCUT2D eigenvalue weighted by atomic mass is 10.0. The molecule has 0 saturated carbocycles. The molecule has 1 aromatic carbocycles. The van der Waals surface area contributed by atoms with Crippen molar-refractivity contribution in [3.05, 3.63) is 35.4 Å². The summed E-state index contributed by atoms with van der Waals surface area (Å²) in [5, 5.41) is 8.84. The molecule has 1 saturated heterocycles. The van der Waals surface area contributed by atoms with Crippen molar-refractivity contribution in [1.82, 2.24) is 4.90 Å². The zero-order valence-corrected chi connectivity index (χ0v) is 12.2. The first kappa shape index (κ1) is 15.5. The summed E-state index contributed by atoms with van der Waals surface area (Å²) in [5.74, 6) is -0.796. The molecule has 1 unspecified atom stereocenters. The van der Waals surface area contributed by atoms with Gasteiger partial charge in [-0.25, -0.2) is 4.79 Å². The van der Waals surface area contributed by atoms with Gasteiger partial charge in [-0.2, -0.15) is 0 Å². The van der Waals surface area contributed by atoms with E-state index in [1.807, 2.05) is 4.90 Å². The quantitative estimate of drug-likeness (QED) is 0.900. The van der Waals surface area contributed by atoms with E-state index in [2.05, 4.69) is 0 Å². The number of nitrogens with zero attached hydrogens (tertiary/aromatic N) is 1. The number of likely N-dealkylation sites (tertiary alicyclic amines) is 1. The molecule has 0 aromatic heterocycles. The Balaban J connectivity index is 1.84. The number of aryl methyl sites for hydroxylation is 1. The van der Waals surface area contributed by atoms with Crippen LogP contribution in [-0.4, -0.2) is 48.2 Å². The molecule has 0 bridgehead atoms. The van der Waals surface area contributed by atoms with Gasteiger partial charge in [-0.1, -0.05) is 12.1 Å². The highest BCUT2D eigenvalue weighted by atomic mass is 16.5. The highest BCUT2D eigenvalue weighted by molar-refractivity contribution is 5.87. The third kappa shape index (κ3) is 4.29. The van der Waals surface area contributed by atoms with Crippen molar-refractivity contribution in [3.8, 4) is 0 Å². The second kappa shape index (κ2) is 7.22. The van der Waals surface area contributed by atoms with E-state index in [-0.39, 0.29) is 17.6 Å². The molecule has 1 aromatic rings. The van der Waals surface area contributed by atoms with Crippen molar-refractivity contribution >= 4 is 11.9 Å². The van der Waals surface area contributed by atoms with Crippen LogP contribution in [0.4, 0.5) is 0 Å². The predicted molar refractivity (Wildman–Crippen MR) is 78.3 cm³/mol. The van der Waals surface area contributed by atoms with Crippen molar-refractivity contribution in [2.45, 2.75) is 31.8 Å². The first-order valence-corrected chi connectivity index (χ1v) is 7.23. The number of piperidine rings is 1. The van der Waals surface area contributed by atoms with Gasteiger partial charge in [0.2, 0.25) is 5.91 Å². The van der Waals surface area contributed by atoms with E-state index in [1.54, 1.807) is 31.4 Å². The number of amides is 1. The number of methoxy groups -OCH3 is 1. The Morgan fingerprint density at radius 3 is 2.67 bits per heavy atom. The molecular weight excluding hydrogens is 270 g/mol. The summed E-state index contributed by atoms with van der Waals surface area (Å²) in [6, 6.07) is 6.68. The maximum absolute atomic E-state index is 12.2. The molecule has 1 aliphatic heterocycles. The molecule has 2 rings (SSSR count). The van der Waals surface area contributed by atoms with Crippen LogP contribution >= 0.6 is 0 Å². The molecular formula is C16H21NO4. The lowest BCUT2D eigenvalue weighted by molar-refractivity contribution is -0.134. The Labute approximate surface area is 124 Å². The highest BCUT2D eigenvalue weighted by Crippen LogP contribution is 2.15. The number of carbonyl (C=O) groups is 2. The van der Waals surface area contributed by atoms with E-state index in [0.29, 0.717) is 19.4 Å². The zero-order chi connectivity index (χ0) is 15.2. The van der Waals surface area contributed by atoms with Gasteiger partial charge in [-0.3, -0.25) is 4.79 Å². The fourth-order valence-corrected chi connectivity index (χ4v) is 2.58. The van der Waals surface area contributed by atoms with E-state index < -0.39 is 5.97 Å². The van der Waals surface area contributed by atoms with Crippen molar-refractivity contribution < 1.29 is 19.4 Å². The maximum atomic E-state index is 12.2. The van der Waals surface area contributed by atoms with Crippen molar-refractivity contribution in [3.63, 3.8) is 0 Å². The fourth-order valence-electron chi connectivity index (χ4n) is 2.58. The minimum atomic E-state index is -0.934. The number of hydrogen-bond donors (Lipinski definition) is 1. The largest absolute Gasteiger partial charge is 0.478 e. The molecule has 0 radical (unpaired) electrons. The van der Waals surface area contributed by atoms with E-state index in [4.69, 9.17) is 9.84 Å². The molecule has 5 nitrogen and oxygen atoms in total. The summed E-state index contributed by atoms with van der Waals surface area (Å²) < 4.78 is 5.32. The van der Waals surface area contributed by atoms with E-state index in [0.717, 1.165) is 24.9 Å². The number of carboxylic acid groups (broad SMARTS) is 1. The fraction of sp³-hybridized carbons (Fsp3) is 0.500. The molecule has 21 heavy (non-hydrogen) atoms. The van der Waals surface area contributed by atoms with Crippen molar-refractivity contribution in [1.29, 1.82) is 0 Å². The van der Waals surface area contributed by atoms with Gasteiger partial charge in [-0.15, -0.1) is 0 Å². The van der Waals surface area contributed by atoms with Crippen LogP contribution in [0, 0.1) is 0 Å². The van der Waals surface area contributed by atoms with Crippen LogP contribution in [0.5, 0.6) is 0 Å². The molecule has 0 aliphatic carbocycles. The molecule has 5 heteroatoms. The molecule has 1 amide bonds. The van der Waals surface area contributed by atoms with Gasteiger partial charge in [0, 0.05) is 26.6 Å². The standard InChI is InChI=1S/C16H21NO4/c1-21-14-3-2-10-17(11-14)15(18)9-6-12-4-7-13(8-5-12)16(19)20/h4-5,7-8,14H,2-3,6,9-11H2,1H3,(H,19,20). The monoisotopic (exact) mass is 291 g/mol. The van der Waals surface area contributed by atoms with Gasteiger partial charge in [0.15, 0.2) is 0 Å². The molecule has 0 spiro atoms. The molecule has 1 atom stereocenters. The van der Waals surface area contributed by atoms with Crippen LogP contribution in [0.2, 0.25) is 0 Å². The van der Waals surface area contributed by atoms with Crippen LogP contribution in [-0.2, 0) is 16.0 Å². The van der Waals surface area contributed by atoms with E-state index in [1.165, 1.54) is 0 Å². The smallest absolute Gasteiger partial charge is 0.335 e. The van der Waals surface area contributed by atoms with E-state index >= 15 is 0 Å². The minimum Gasteiger partial charge on any atom is -0.478 e. The van der Waals surface area contributed by atoms with Gasteiger partial charge >= 0.3 is 5.97 Å². The van der Waals surface area contributed by atoms with Crippen LogP contribution in [0.3, 0.4) is 0 Å². The first-order chi connectivity index (χ1) is 10.1. The van der Waals surface area contributed by atoms with Crippen LogP contribution < -0.4 is 0 Å². The Morgan fingerprint density at radius 1 is 1.33 bits per heavy atom. The lowest BCUT2D eigenvalue weighted by Crippen LogP contribution is -2.42. The molecule has 1 fully saturated rings. The number of benzene rings is 1. The van der Waals surface area contributed by atoms with Gasteiger partial charge in [-0.05, 0) is 37.0 Å². The third-order valence-corrected chi connectivity index (χ3v) is 3.89. The maximum Gasteiger partial charge on any atom is 0.335 e. The van der Waals surface area contributed by atoms with Crippen LogP contribution in [0.1, 0.15) is 35.2 Å². The summed E-state index contributed by atoms with van der Waals surface area (Å²) in [5.41, 5.74) is 1.25. The Bertz CT molecular complexity index is 498. The van der Waals surface area contributed by atoms with Crippen molar-refractivity contribution in [2.24, 2.45) is 0 Å². The normalized spacial score (nSPS) is 18.5. The Morgan fingerprint density at radius 2 is 2.05 bits per heavy atom. The highest BCUT2D eigenvalue weighted by Gasteiger charge is 2.22. The second-order valence-corrected chi connectivity index (χ2v) is 5.34. The lowest BCUT2D eigenvalue weighted by Gasteiger charge is -2.32. The van der Waals surface area contributed by atoms with Crippen LogP contribution in [0.15, 0.2) is 24.3 Å². The Kier molecular flexibility index (Phi) is 5.33. The summed E-state index contributed by atoms with van der Waals surface area (Å²) >= 11 is 0. The topological polar surface area (TPSA) is 66.8 Å². The second-order valence-electron chi connectivity index (χ2n) is 5.34. The minimum absolute atomic E-state index is 0.138. The van der Waals surface area contributed by atoms with Gasteiger partial charge < -0.3 is 14.7 Å². The summed E-state index contributed by atoms with van der Waals surface area (Å²) in [6.07, 6.45) is 3.22. The summed E-state index contributed by atoms with van der Waals surface area (Å²) in [6.45, 7) is 1.48.